The largest absolute Gasteiger partial charge is 0.465 e. The third-order valence-corrected chi connectivity index (χ3v) is 5.69. The Morgan fingerprint density at radius 1 is 0.886 bits per heavy atom. The predicted octanol–water partition coefficient (Wildman–Crippen LogP) is 4.52. The summed E-state index contributed by atoms with van der Waals surface area (Å²) in [7, 11) is 6.43. The standard InChI is InChI=1S/C27H26N4O4/c1-30(2)27(34)31(3)20-13-11-19(12-14-20)28-24(17-8-6-5-7-9-17)23-21-15-10-18(26(33)35-4)16-22(21)29-25(23)32/h5-16,28H,1-4H3,(H,29,32). The van der Waals surface area contributed by atoms with E-state index >= 15 is 0 Å². The smallest absolute Gasteiger partial charge is 0.337 e. The number of methoxy groups -OCH3 is 1. The molecule has 8 nitrogen and oxygen atoms in total. The Labute approximate surface area is 203 Å². The first-order valence-corrected chi connectivity index (χ1v) is 11.0. The van der Waals surface area contributed by atoms with Gasteiger partial charge >= 0.3 is 12.0 Å². The summed E-state index contributed by atoms with van der Waals surface area (Å²) in [5, 5.41) is 6.25. The molecule has 0 radical (unpaired) electrons. The monoisotopic (exact) mass is 470 g/mol. The zero-order valence-corrected chi connectivity index (χ0v) is 20.0. The molecule has 3 aromatic carbocycles. The Morgan fingerprint density at radius 2 is 1.57 bits per heavy atom. The van der Waals surface area contributed by atoms with Crippen molar-refractivity contribution in [3.8, 4) is 0 Å². The first-order chi connectivity index (χ1) is 16.8. The molecule has 0 fully saturated rings. The Bertz CT molecular complexity index is 1310. The fourth-order valence-electron chi connectivity index (χ4n) is 3.87. The molecule has 1 aliphatic rings. The van der Waals surface area contributed by atoms with Gasteiger partial charge in [0.2, 0.25) is 0 Å². The normalized spacial score (nSPS) is 13.4. The summed E-state index contributed by atoms with van der Waals surface area (Å²) in [5.41, 5.74) is 4.98. The lowest BCUT2D eigenvalue weighted by Gasteiger charge is -2.22. The van der Waals surface area contributed by atoms with E-state index in [4.69, 9.17) is 4.74 Å². The quantitative estimate of drug-likeness (QED) is 0.423. The van der Waals surface area contributed by atoms with Gasteiger partial charge in [0.25, 0.3) is 5.91 Å². The number of ether oxygens (including phenoxy) is 1. The van der Waals surface area contributed by atoms with E-state index in [2.05, 4.69) is 10.6 Å². The molecule has 0 aliphatic carbocycles. The Balaban J connectivity index is 1.75. The minimum absolute atomic E-state index is 0.136. The van der Waals surface area contributed by atoms with Gasteiger partial charge in [0.15, 0.2) is 0 Å². The number of nitrogens with zero attached hydrogens (tertiary/aromatic N) is 2. The van der Waals surface area contributed by atoms with Crippen LogP contribution in [0.5, 0.6) is 0 Å². The van der Waals surface area contributed by atoms with Crippen molar-refractivity contribution < 1.29 is 19.1 Å². The highest BCUT2D eigenvalue weighted by Gasteiger charge is 2.29. The van der Waals surface area contributed by atoms with Crippen LogP contribution < -0.4 is 15.5 Å². The highest BCUT2D eigenvalue weighted by Crippen LogP contribution is 2.38. The highest BCUT2D eigenvalue weighted by molar-refractivity contribution is 6.37. The Morgan fingerprint density at radius 3 is 2.20 bits per heavy atom. The number of esters is 1. The zero-order valence-electron chi connectivity index (χ0n) is 20.0. The fourth-order valence-corrected chi connectivity index (χ4v) is 3.87. The number of nitrogens with one attached hydrogen (secondary N) is 2. The number of benzene rings is 3. The van der Waals surface area contributed by atoms with Gasteiger partial charge in [0, 0.05) is 38.1 Å². The summed E-state index contributed by atoms with van der Waals surface area (Å²) < 4.78 is 4.80. The van der Waals surface area contributed by atoms with Gasteiger partial charge in [-0.3, -0.25) is 9.69 Å². The molecular weight excluding hydrogens is 444 g/mol. The number of hydrogen-bond donors (Lipinski definition) is 2. The van der Waals surface area contributed by atoms with E-state index in [0.717, 1.165) is 16.9 Å². The Kier molecular flexibility index (Phi) is 6.55. The van der Waals surface area contributed by atoms with Crippen molar-refractivity contribution in [3.63, 3.8) is 0 Å². The zero-order chi connectivity index (χ0) is 25.1. The Hall–Kier alpha value is -4.59. The van der Waals surface area contributed by atoms with Gasteiger partial charge in [-0.1, -0.05) is 36.4 Å². The number of fused-ring (bicyclic) bond motifs is 1. The molecule has 3 aromatic rings. The lowest BCUT2D eigenvalue weighted by Crippen LogP contribution is -2.36. The number of carbonyl (C=O) groups excluding carboxylic acids is 3. The molecule has 3 amide bonds. The van der Waals surface area contributed by atoms with Gasteiger partial charge in [-0.25, -0.2) is 9.59 Å². The van der Waals surface area contributed by atoms with E-state index in [1.807, 2.05) is 54.6 Å². The SMILES string of the molecule is COC(=O)c1ccc2c(c1)NC(=O)C2=C(Nc1ccc(N(C)C(=O)N(C)C)cc1)c1ccccc1. The van der Waals surface area contributed by atoms with Crippen LogP contribution in [0.4, 0.5) is 21.9 Å². The molecule has 0 saturated carbocycles. The molecule has 4 rings (SSSR count). The van der Waals surface area contributed by atoms with Gasteiger partial charge in [-0.15, -0.1) is 0 Å². The van der Waals surface area contributed by atoms with Crippen LogP contribution in [0.15, 0.2) is 72.8 Å². The van der Waals surface area contributed by atoms with Crippen LogP contribution in [0.1, 0.15) is 21.5 Å². The summed E-state index contributed by atoms with van der Waals surface area (Å²) in [5.74, 6) is -0.750. The van der Waals surface area contributed by atoms with Gasteiger partial charge in [-0.2, -0.15) is 0 Å². The van der Waals surface area contributed by atoms with Crippen LogP contribution >= 0.6 is 0 Å². The summed E-state index contributed by atoms with van der Waals surface area (Å²) in [6.07, 6.45) is 0. The average Bonchev–Trinajstić information content (AvgIpc) is 3.21. The van der Waals surface area contributed by atoms with Gasteiger partial charge in [-0.05, 0) is 42.0 Å². The van der Waals surface area contributed by atoms with Crippen molar-refractivity contribution in [1.82, 2.24) is 4.90 Å². The fraction of sp³-hybridized carbons (Fsp3) is 0.148. The van der Waals surface area contributed by atoms with Gasteiger partial charge in [0.1, 0.15) is 0 Å². The number of rotatable bonds is 5. The van der Waals surface area contributed by atoms with Gasteiger partial charge < -0.3 is 20.3 Å². The molecule has 0 spiro atoms. The van der Waals surface area contributed by atoms with E-state index in [-0.39, 0.29) is 11.9 Å². The van der Waals surface area contributed by atoms with E-state index in [0.29, 0.717) is 28.1 Å². The molecule has 178 valence electrons. The molecule has 2 N–H and O–H groups in total. The van der Waals surface area contributed by atoms with E-state index in [1.54, 1.807) is 44.2 Å². The summed E-state index contributed by atoms with van der Waals surface area (Å²) in [6, 6.07) is 21.8. The third-order valence-electron chi connectivity index (χ3n) is 5.69. The van der Waals surface area contributed by atoms with Crippen molar-refractivity contribution in [2.45, 2.75) is 0 Å². The topological polar surface area (TPSA) is 91.0 Å². The van der Waals surface area contributed by atoms with Crippen molar-refractivity contribution in [1.29, 1.82) is 0 Å². The van der Waals surface area contributed by atoms with E-state index in [1.165, 1.54) is 12.0 Å². The van der Waals surface area contributed by atoms with Gasteiger partial charge in [0.05, 0.1) is 29.6 Å². The van der Waals surface area contributed by atoms with E-state index < -0.39 is 5.97 Å². The molecule has 0 aromatic heterocycles. The molecule has 0 atom stereocenters. The van der Waals surface area contributed by atoms with Crippen molar-refractivity contribution >= 4 is 46.2 Å². The second kappa shape index (κ2) is 9.72. The summed E-state index contributed by atoms with van der Waals surface area (Å²) in [4.78, 5) is 40.4. The lowest BCUT2D eigenvalue weighted by atomic mass is 9.99. The molecule has 1 heterocycles. The first-order valence-electron chi connectivity index (χ1n) is 11.0. The number of carbonyl (C=O) groups is 3. The number of amides is 3. The van der Waals surface area contributed by atoms with Crippen molar-refractivity contribution in [3.05, 3.63) is 89.5 Å². The van der Waals surface area contributed by atoms with Crippen molar-refractivity contribution in [2.24, 2.45) is 0 Å². The second-order valence-electron chi connectivity index (χ2n) is 8.23. The molecule has 8 heteroatoms. The van der Waals surface area contributed by atoms with Crippen LogP contribution in [0.3, 0.4) is 0 Å². The molecule has 0 bridgehead atoms. The third kappa shape index (κ3) is 4.72. The number of hydrogen-bond acceptors (Lipinski definition) is 5. The molecular formula is C27H26N4O4. The summed E-state index contributed by atoms with van der Waals surface area (Å²) >= 11 is 0. The predicted molar refractivity (Wildman–Crippen MR) is 137 cm³/mol. The van der Waals surface area contributed by atoms with E-state index in [9.17, 15) is 14.4 Å². The van der Waals surface area contributed by atoms with Crippen LogP contribution in [-0.4, -0.2) is 51.1 Å². The number of anilines is 3. The first kappa shape index (κ1) is 23.6. The summed E-state index contributed by atoms with van der Waals surface area (Å²) in [6.45, 7) is 0. The highest BCUT2D eigenvalue weighted by atomic mass is 16.5. The van der Waals surface area contributed by atoms with Crippen molar-refractivity contribution in [2.75, 3.05) is 43.8 Å². The second-order valence-corrected chi connectivity index (χ2v) is 8.23. The maximum Gasteiger partial charge on any atom is 0.337 e. The minimum Gasteiger partial charge on any atom is -0.465 e. The van der Waals surface area contributed by atoms with Crippen LogP contribution in [0.25, 0.3) is 11.3 Å². The molecule has 0 saturated heterocycles. The average molecular weight is 471 g/mol. The molecule has 0 unspecified atom stereocenters. The molecule has 1 aliphatic heterocycles. The molecule has 35 heavy (non-hydrogen) atoms. The lowest BCUT2D eigenvalue weighted by molar-refractivity contribution is -0.110. The minimum atomic E-state index is -0.473. The van der Waals surface area contributed by atoms with Crippen LogP contribution in [0.2, 0.25) is 0 Å². The van der Waals surface area contributed by atoms with Crippen LogP contribution in [-0.2, 0) is 9.53 Å². The maximum atomic E-state index is 13.1. The number of urea groups is 1. The maximum absolute atomic E-state index is 13.1. The van der Waals surface area contributed by atoms with Crippen LogP contribution in [0, 0.1) is 0 Å².